The molecule has 1 aromatic carbocycles. The molecule has 1 aliphatic heterocycles. The standard InChI is InChI=1S/C31H36ClN5O3S/c1-22-17-29(28(32)18-23(22)7-6-16-39-31(38)35-24-11-14-36(2)15-12-24)40-21-26-20-34-30(41-27-9-3-4-10-27)37(26)25-8-5-13-33-19-25/h5,8,13,17-20,24,27H,3-4,9-12,14-16,21H2,1-2H3,(H,35,38). The number of nitrogens with one attached hydrogen (secondary N) is 1. The van der Waals surface area contributed by atoms with Crippen LogP contribution in [-0.4, -0.2) is 63.6 Å². The number of aromatic nitrogens is 3. The lowest BCUT2D eigenvalue weighted by molar-refractivity contribution is 0.147. The summed E-state index contributed by atoms with van der Waals surface area (Å²) in [5.41, 5.74) is 3.56. The first-order chi connectivity index (χ1) is 20.0. The number of halogens is 1. The molecule has 2 fully saturated rings. The van der Waals surface area contributed by atoms with E-state index < -0.39 is 6.09 Å². The second-order valence-corrected chi connectivity index (χ2v) is 12.3. The fourth-order valence-electron chi connectivity index (χ4n) is 5.12. The molecule has 0 bridgehead atoms. The van der Waals surface area contributed by atoms with E-state index in [1.165, 1.54) is 25.7 Å². The zero-order chi connectivity index (χ0) is 28.6. The van der Waals surface area contributed by atoms with Crippen molar-refractivity contribution >= 4 is 29.5 Å². The first-order valence-corrected chi connectivity index (χ1v) is 15.4. The Bertz CT molecular complexity index is 1390. The van der Waals surface area contributed by atoms with Crippen molar-refractivity contribution in [1.29, 1.82) is 0 Å². The second kappa shape index (κ2) is 14.1. The van der Waals surface area contributed by atoms with Crippen molar-refractivity contribution in [3.05, 3.63) is 64.7 Å². The molecule has 1 saturated heterocycles. The lowest BCUT2D eigenvalue weighted by Crippen LogP contribution is -2.43. The van der Waals surface area contributed by atoms with E-state index in [4.69, 9.17) is 26.1 Å². The Balaban J connectivity index is 1.20. The average Bonchev–Trinajstić information content (AvgIpc) is 3.64. The molecule has 8 nitrogen and oxygen atoms in total. The summed E-state index contributed by atoms with van der Waals surface area (Å²) >= 11 is 8.43. The Morgan fingerprint density at radius 3 is 2.76 bits per heavy atom. The Kier molecular flexibility index (Phi) is 10.1. The van der Waals surface area contributed by atoms with Crippen LogP contribution in [0.2, 0.25) is 5.02 Å². The van der Waals surface area contributed by atoms with Gasteiger partial charge in [-0.2, -0.15) is 0 Å². The fraction of sp³-hybridized carbons (Fsp3) is 0.452. The highest BCUT2D eigenvalue weighted by Crippen LogP contribution is 2.36. The summed E-state index contributed by atoms with van der Waals surface area (Å²) in [6, 6.07) is 7.79. The third-order valence-electron chi connectivity index (χ3n) is 7.47. The van der Waals surface area contributed by atoms with Crippen LogP contribution in [0.3, 0.4) is 0 Å². The van der Waals surface area contributed by atoms with Crippen molar-refractivity contribution < 1.29 is 14.3 Å². The minimum Gasteiger partial charge on any atom is -0.486 e. The molecule has 3 heterocycles. The van der Waals surface area contributed by atoms with Crippen molar-refractivity contribution in [1.82, 2.24) is 24.8 Å². The largest absolute Gasteiger partial charge is 0.486 e. The van der Waals surface area contributed by atoms with Gasteiger partial charge in [0, 0.05) is 23.1 Å². The van der Waals surface area contributed by atoms with E-state index in [0.29, 0.717) is 22.6 Å². The van der Waals surface area contributed by atoms with Crippen LogP contribution in [0.25, 0.3) is 5.69 Å². The maximum absolute atomic E-state index is 12.1. The SMILES string of the molecule is Cc1cc(OCc2cnc(SC3CCCC3)n2-c2cccnc2)c(Cl)cc1C#CCOC(=O)NC1CCN(C)CC1. The predicted octanol–water partition coefficient (Wildman–Crippen LogP) is 6.01. The molecule has 0 unspecified atom stereocenters. The molecular weight excluding hydrogens is 558 g/mol. The molecular formula is C31H36ClN5O3S. The summed E-state index contributed by atoms with van der Waals surface area (Å²) in [6.07, 6.45) is 11.9. The summed E-state index contributed by atoms with van der Waals surface area (Å²) < 4.78 is 13.6. The quantitative estimate of drug-likeness (QED) is 0.320. The third kappa shape index (κ3) is 7.97. The number of carbonyl (C=O) groups excluding carboxylic acids is 1. The zero-order valence-electron chi connectivity index (χ0n) is 23.6. The summed E-state index contributed by atoms with van der Waals surface area (Å²) in [5, 5.41) is 4.94. The highest BCUT2D eigenvalue weighted by molar-refractivity contribution is 7.99. The summed E-state index contributed by atoms with van der Waals surface area (Å²) in [7, 11) is 2.09. The number of nitrogens with zero attached hydrogens (tertiary/aromatic N) is 4. The fourth-order valence-corrected chi connectivity index (χ4v) is 6.64. The van der Waals surface area contributed by atoms with Crippen LogP contribution < -0.4 is 10.1 Å². The van der Waals surface area contributed by atoms with Crippen molar-refractivity contribution in [2.24, 2.45) is 0 Å². The van der Waals surface area contributed by atoms with Gasteiger partial charge < -0.3 is 19.7 Å². The van der Waals surface area contributed by atoms with Gasteiger partial charge in [0.05, 0.1) is 28.8 Å². The zero-order valence-corrected chi connectivity index (χ0v) is 25.1. The lowest BCUT2D eigenvalue weighted by Gasteiger charge is -2.28. The molecule has 5 rings (SSSR count). The molecule has 1 amide bonds. The maximum Gasteiger partial charge on any atom is 0.408 e. The van der Waals surface area contributed by atoms with Gasteiger partial charge in [0.15, 0.2) is 11.8 Å². The number of ether oxygens (including phenoxy) is 2. The molecule has 0 spiro atoms. The van der Waals surface area contributed by atoms with E-state index in [-0.39, 0.29) is 12.6 Å². The number of carbonyl (C=O) groups is 1. The summed E-state index contributed by atoms with van der Waals surface area (Å²) in [4.78, 5) is 23.4. The number of pyridine rings is 1. The van der Waals surface area contributed by atoms with Crippen LogP contribution in [0, 0.1) is 18.8 Å². The van der Waals surface area contributed by atoms with Crippen molar-refractivity contribution in [3.63, 3.8) is 0 Å². The van der Waals surface area contributed by atoms with Crippen LogP contribution in [-0.2, 0) is 11.3 Å². The number of piperidine rings is 1. The van der Waals surface area contributed by atoms with Gasteiger partial charge in [-0.05, 0) is 82.6 Å². The molecule has 3 aromatic rings. The molecule has 1 N–H and O–H groups in total. The predicted molar refractivity (Wildman–Crippen MR) is 162 cm³/mol. The van der Waals surface area contributed by atoms with Gasteiger partial charge >= 0.3 is 6.09 Å². The molecule has 1 aliphatic carbocycles. The van der Waals surface area contributed by atoms with E-state index in [2.05, 4.69) is 38.7 Å². The van der Waals surface area contributed by atoms with Gasteiger partial charge in [-0.25, -0.2) is 9.78 Å². The molecule has 0 atom stereocenters. The monoisotopic (exact) mass is 593 g/mol. The summed E-state index contributed by atoms with van der Waals surface area (Å²) in [6.45, 7) is 4.21. The first-order valence-electron chi connectivity index (χ1n) is 14.1. The van der Waals surface area contributed by atoms with Crippen LogP contribution in [0.5, 0.6) is 5.75 Å². The first kappa shape index (κ1) is 29.3. The van der Waals surface area contributed by atoms with E-state index in [0.717, 1.165) is 53.6 Å². The van der Waals surface area contributed by atoms with Crippen molar-refractivity contribution in [2.45, 2.75) is 68.5 Å². The Morgan fingerprint density at radius 1 is 1.20 bits per heavy atom. The van der Waals surface area contributed by atoms with Gasteiger partial charge in [0.2, 0.25) is 0 Å². The van der Waals surface area contributed by atoms with Gasteiger partial charge in [-0.15, -0.1) is 0 Å². The van der Waals surface area contributed by atoms with Gasteiger partial charge in [0.1, 0.15) is 12.4 Å². The van der Waals surface area contributed by atoms with Crippen LogP contribution >= 0.6 is 23.4 Å². The van der Waals surface area contributed by atoms with Crippen molar-refractivity contribution in [3.8, 4) is 23.3 Å². The number of imidazole rings is 1. The number of amides is 1. The van der Waals surface area contributed by atoms with E-state index >= 15 is 0 Å². The highest BCUT2D eigenvalue weighted by atomic mass is 35.5. The number of hydrogen-bond donors (Lipinski definition) is 1. The smallest absolute Gasteiger partial charge is 0.408 e. The second-order valence-electron chi connectivity index (χ2n) is 10.6. The molecule has 0 radical (unpaired) electrons. The molecule has 2 aromatic heterocycles. The average molecular weight is 594 g/mol. The van der Waals surface area contributed by atoms with E-state index in [1.54, 1.807) is 12.3 Å². The number of likely N-dealkylation sites (tertiary alicyclic amines) is 1. The maximum atomic E-state index is 12.1. The van der Waals surface area contributed by atoms with Gasteiger partial charge in [-0.3, -0.25) is 9.55 Å². The number of rotatable bonds is 8. The molecule has 1 saturated carbocycles. The third-order valence-corrected chi connectivity index (χ3v) is 9.07. The molecule has 41 heavy (non-hydrogen) atoms. The van der Waals surface area contributed by atoms with E-state index in [9.17, 15) is 4.79 Å². The minimum absolute atomic E-state index is 0.00724. The number of benzene rings is 1. The number of thioether (sulfide) groups is 1. The Hall–Kier alpha value is -3.19. The minimum atomic E-state index is -0.428. The van der Waals surface area contributed by atoms with Gasteiger partial charge in [0.25, 0.3) is 0 Å². The van der Waals surface area contributed by atoms with Crippen LogP contribution in [0.1, 0.15) is 55.3 Å². The number of hydrogen-bond acceptors (Lipinski definition) is 7. The Morgan fingerprint density at radius 2 is 2.00 bits per heavy atom. The topological polar surface area (TPSA) is 81.5 Å². The number of aryl methyl sites for hydroxylation is 1. The van der Waals surface area contributed by atoms with Gasteiger partial charge in [-0.1, -0.05) is 48.0 Å². The normalized spacial score (nSPS) is 16.3. The van der Waals surface area contributed by atoms with E-state index in [1.807, 2.05) is 49.3 Å². The molecule has 10 heteroatoms. The van der Waals surface area contributed by atoms with Crippen molar-refractivity contribution in [2.75, 3.05) is 26.7 Å². The van der Waals surface area contributed by atoms with Crippen LogP contribution in [0.4, 0.5) is 4.79 Å². The molecule has 2 aliphatic rings. The van der Waals surface area contributed by atoms with Crippen LogP contribution in [0.15, 0.2) is 48.0 Å². The number of alkyl carbamates (subject to hydrolysis) is 1. The summed E-state index contributed by atoms with van der Waals surface area (Å²) in [5.74, 6) is 6.56. The Labute approximate surface area is 251 Å². The lowest BCUT2D eigenvalue weighted by atomic mass is 10.1. The highest BCUT2D eigenvalue weighted by Gasteiger charge is 2.22. The molecule has 216 valence electrons.